The van der Waals surface area contributed by atoms with Crippen LogP contribution in [0.1, 0.15) is 24.2 Å². The van der Waals surface area contributed by atoms with Gasteiger partial charge in [-0.25, -0.2) is 4.39 Å². The Balaban J connectivity index is 2.31. The van der Waals surface area contributed by atoms with Crippen LogP contribution in [0.25, 0.3) is 0 Å². The Bertz CT molecular complexity index is 597. The maximum Gasteiger partial charge on any atom is 0.168 e. The summed E-state index contributed by atoms with van der Waals surface area (Å²) >= 11 is 6.06. The smallest absolute Gasteiger partial charge is 0.168 e. The van der Waals surface area contributed by atoms with E-state index in [1.54, 1.807) is 50.2 Å². The van der Waals surface area contributed by atoms with E-state index < -0.39 is 11.9 Å². The number of aliphatic hydroxyl groups excluding tert-OH is 1. The third-order valence-corrected chi connectivity index (χ3v) is 3.11. The normalized spacial score (nSPS) is 12.3. The molecule has 0 aliphatic carbocycles. The Morgan fingerprint density at radius 1 is 1.21 bits per heavy atom. The number of aliphatic hydroxyl groups is 1. The lowest BCUT2D eigenvalue weighted by atomic mass is 10.1. The molecule has 0 saturated heterocycles. The third kappa shape index (κ3) is 3.06. The molecule has 0 bridgehead atoms. The molecule has 4 heteroatoms. The van der Waals surface area contributed by atoms with Gasteiger partial charge in [0.1, 0.15) is 5.75 Å². The first-order valence-corrected chi connectivity index (χ1v) is 6.27. The van der Waals surface area contributed by atoms with E-state index in [4.69, 9.17) is 16.3 Å². The fourth-order valence-corrected chi connectivity index (χ4v) is 1.91. The average molecular weight is 281 g/mol. The van der Waals surface area contributed by atoms with Crippen LogP contribution in [0.2, 0.25) is 5.02 Å². The molecular weight excluding hydrogens is 267 g/mol. The van der Waals surface area contributed by atoms with Gasteiger partial charge in [0.05, 0.1) is 11.1 Å². The van der Waals surface area contributed by atoms with Crippen molar-refractivity contribution in [1.82, 2.24) is 0 Å². The van der Waals surface area contributed by atoms with E-state index in [1.165, 1.54) is 0 Å². The summed E-state index contributed by atoms with van der Waals surface area (Å²) in [5.74, 6) is 0.0837. The van der Waals surface area contributed by atoms with Gasteiger partial charge in [0.25, 0.3) is 0 Å². The molecule has 1 atom stereocenters. The fraction of sp³-hybridized carbons (Fsp3) is 0.200. The molecule has 0 spiro atoms. The van der Waals surface area contributed by atoms with Crippen LogP contribution in [0.15, 0.2) is 36.4 Å². The van der Waals surface area contributed by atoms with Gasteiger partial charge < -0.3 is 9.84 Å². The van der Waals surface area contributed by atoms with Crippen molar-refractivity contribution < 1.29 is 14.2 Å². The fourth-order valence-electron chi connectivity index (χ4n) is 1.68. The predicted octanol–water partition coefficient (Wildman–Crippen LogP) is 4.63. The molecule has 2 nitrogen and oxygen atoms in total. The van der Waals surface area contributed by atoms with Gasteiger partial charge in [0, 0.05) is 0 Å². The summed E-state index contributed by atoms with van der Waals surface area (Å²) in [6, 6.07) is 9.84. The number of ether oxygens (including phenoxy) is 1. The summed E-state index contributed by atoms with van der Waals surface area (Å²) in [5, 5.41) is 9.78. The number of halogens is 2. The maximum atomic E-state index is 13.8. The van der Waals surface area contributed by atoms with E-state index in [0.29, 0.717) is 21.9 Å². The molecule has 0 heterocycles. The molecule has 0 aliphatic rings. The summed E-state index contributed by atoms with van der Waals surface area (Å²) in [5.41, 5.74) is 1.19. The molecule has 1 N–H and O–H groups in total. The van der Waals surface area contributed by atoms with E-state index in [-0.39, 0.29) is 5.75 Å². The topological polar surface area (TPSA) is 29.5 Å². The standard InChI is InChI=1S/C15H14ClFO2/c1-9-4-3-5-14(15(9)17)19-13-7-6-11(10(2)18)8-12(13)16/h3-8,10,18H,1-2H3. The van der Waals surface area contributed by atoms with Crippen LogP contribution in [0.4, 0.5) is 4.39 Å². The van der Waals surface area contributed by atoms with Crippen molar-refractivity contribution >= 4 is 11.6 Å². The van der Waals surface area contributed by atoms with Gasteiger partial charge in [-0.1, -0.05) is 29.8 Å². The Morgan fingerprint density at radius 3 is 2.58 bits per heavy atom. The van der Waals surface area contributed by atoms with Crippen molar-refractivity contribution in [3.63, 3.8) is 0 Å². The quantitative estimate of drug-likeness (QED) is 0.888. The average Bonchev–Trinajstić information content (AvgIpc) is 2.37. The first kappa shape index (κ1) is 13.8. The van der Waals surface area contributed by atoms with Crippen LogP contribution in [0, 0.1) is 12.7 Å². The zero-order valence-electron chi connectivity index (χ0n) is 10.7. The summed E-state index contributed by atoms with van der Waals surface area (Å²) < 4.78 is 19.3. The van der Waals surface area contributed by atoms with Crippen LogP contribution in [-0.2, 0) is 0 Å². The highest BCUT2D eigenvalue weighted by molar-refractivity contribution is 6.32. The molecule has 1 unspecified atom stereocenters. The molecule has 0 fully saturated rings. The van der Waals surface area contributed by atoms with Gasteiger partial charge in [-0.3, -0.25) is 0 Å². The summed E-state index contributed by atoms with van der Waals surface area (Å²) in [6.45, 7) is 3.31. The summed E-state index contributed by atoms with van der Waals surface area (Å²) in [4.78, 5) is 0. The highest BCUT2D eigenvalue weighted by Gasteiger charge is 2.11. The van der Waals surface area contributed by atoms with Crippen LogP contribution < -0.4 is 4.74 Å². The molecule has 0 saturated carbocycles. The van der Waals surface area contributed by atoms with E-state index >= 15 is 0 Å². The SMILES string of the molecule is Cc1cccc(Oc2ccc(C(C)O)cc2Cl)c1F. The zero-order chi connectivity index (χ0) is 14.0. The number of hydrogen-bond acceptors (Lipinski definition) is 2. The molecule has 0 aliphatic heterocycles. The molecule has 0 amide bonds. The maximum absolute atomic E-state index is 13.8. The van der Waals surface area contributed by atoms with Crippen LogP contribution in [0.3, 0.4) is 0 Å². The van der Waals surface area contributed by atoms with Crippen LogP contribution in [-0.4, -0.2) is 5.11 Å². The Morgan fingerprint density at radius 2 is 1.95 bits per heavy atom. The molecule has 2 aromatic rings. The molecule has 19 heavy (non-hydrogen) atoms. The predicted molar refractivity (Wildman–Crippen MR) is 73.3 cm³/mol. The van der Waals surface area contributed by atoms with E-state index in [9.17, 15) is 9.50 Å². The van der Waals surface area contributed by atoms with Gasteiger partial charge >= 0.3 is 0 Å². The molecule has 100 valence electrons. The molecular formula is C15H14ClFO2. The molecule has 0 radical (unpaired) electrons. The summed E-state index contributed by atoms with van der Waals surface area (Å²) in [7, 11) is 0. The number of benzene rings is 2. The highest BCUT2D eigenvalue weighted by Crippen LogP contribution is 2.33. The largest absolute Gasteiger partial charge is 0.453 e. The molecule has 0 aromatic heterocycles. The second-order valence-corrected chi connectivity index (χ2v) is 4.76. The third-order valence-electron chi connectivity index (χ3n) is 2.81. The van der Waals surface area contributed by atoms with Gasteiger partial charge in [-0.15, -0.1) is 0 Å². The minimum Gasteiger partial charge on any atom is -0.453 e. The van der Waals surface area contributed by atoms with Gasteiger partial charge in [-0.05, 0) is 43.2 Å². The lowest BCUT2D eigenvalue weighted by Crippen LogP contribution is -1.94. The molecule has 2 aromatic carbocycles. The first-order valence-electron chi connectivity index (χ1n) is 5.89. The van der Waals surface area contributed by atoms with Crippen LogP contribution >= 0.6 is 11.6 Å². The van der Waals surface area contributed by atoms with E-state index in [2.05, 4.69) is 0 Å². The second-order valence-electron chi connectivity index (χ2n) is 4.35. The van der Waals surface area contributed by atoms with Crippen molar-refractivity contribution in [2.45, 2.75) is 20.0 Å². The van der Waals surface area contributed by atoms with Gasteiger partial charge in [0.2, 0.25) is 0 Å². The minimum absolute atomic E-state index is 0.131. The zero-order valence-corrected chi connectivity index (χ0v) is 11.4. The number of aryl methyl sites for hydroxylation is 1. The van der Waals surface area contributed by atoms with Crippen molar-refractivity contribution in [2.24, 2.45) is 0 Å². The second kappa shape index (κ2) is 5.59. The summed E-state index contributed by atoms with van der Waals surface area (Å²) in [6.07, 6.45) is -0.609. The van der Waals surface area contributed by atoms with Gasteiger partial charge in [0.15, 0.2) is 11.6 Å². The van der Waals surface area contributed by atoms with Crippen molar-refractivity contribution in [2.75, 3.05) is 0 Å². The van der Waals surface area contributed by atoms with Gasteiger partial charge in [-0.2, -0.15) is 0 Å². The van der Waals surface area contributed by atoms with Crippen molar-refractivity contribution in [3.05, 3.63) is 58.4 Å². The van der Waals surface area contributed by atoms with Crippen molar-refractivity contribution in [1.29, 1.82) is 0 Å². The van der Waals surface area contributed by atoms with E-state index in [1.807, 2.05) is 0 Å². The van der Waals surface area contributed by atoms with Crippen LogP contribution in [0.5, 0.6) is 11.5 Å². The Kier molecular flexibility index (Phi) is 4.08. The number of rotatable bonds is 3. The Labute approximate surface area is 116 Å². The highest BCUT2D eigenvalue weighted by atomic mass is 35.5. The minimum atomic E-state index is -0.609. The Hall–Kier alpha value is -1.58. The first-order chi connectivity index (χ1) is 8.99. The monoisotopic (exact) mass is 280 g/mol. The lowest BCUT2D eigenvalue weighted by Gasteiger charge is -2.11. The van der Waals surface area contributed by atoms with Crippen molar-refractivity contribution in [3.8, 4) is 11.5 Å². The lowest BCUT2D eigenvalue weighted by molar-refractivity contribution is 0.199. The molecule has 2 rings (SSSR count). The number of hydrogen-bond donors (Lipinski definition) is 1. The van der Waals surface area contributed by atoms with E-state index in [0.717, 1.165) is 0 Å².